The molecule has 2 aromatic carbocycles. The van der Waals surface area contributed by atoms with Crippen molar-refractivity contribution in [2.24, 2.45) is 13.0 Å². The lowest BCUT2D eigenvalue weighted by Crippen LogP contribution is -2.51. The number of pyridine rings is 1. The number of carbonyl (C=O) groups excluding carboxylic acids is 2. The Balaban J connectivity index is 1.25. The molecule has 0 radical (unpaired) electrons. The maximum absolute atomic E-state index is 15.6. The molecule has 0 spiro atoms. The molecule has 0 saturated heterocycles. The Labute approximate surface area is 394 Å². The topological polar surface area (TPSA) is 185 Å². The van der Waals surface area contributed by atoms with E-state index in [9.17, 15) is 45.1 Å². The van der Waals surface area contributed by atoms with Crippen molar-refractivity contribution in [3.8, 4) is 23.0 Å². The minimum absolute atomic E-state index is 0.0341. The normalized spacial score (nSPS) is 18.0. The summed E-state index contributed by atoms with van der Waals surface area (Å²) in [6.07, 6.45) is -4.79. The van der Waals surface area contributed by atoms with Gasteiger partial charge in [0, 0.05) is 35.7 Å². The number of aliphatic hydroxyl groups is 1. The van der Waals surface area contributed by atoms with Gasteiger partial charge in [0.05, 0.1) is 32.9 Å². The number of aryl methyl sites for hydroxylation is 1. The Morgan fingerprint density at radius 3 is 2.31 bits per heavy atom. The summed E-state index contributed by atoms with van der Waals surface area (Å²) < 4.78 is 130. The van der Waals surface area contributed by atoms with Gasteiger partial charge >= 0.3 is 6.18 Å². The van der Waals surface area contributed by atoms with E-state index in [4.69, 9.17) is 28.8 Å². The van der Waals surface area contributed by atoms with Gasteiger partial charge in [0.15, 0.2) is 26.5 Å². The van der Waals surface area contributed by atoms with Gasteiger partial charge in [-0.2, -0.15) is 32.1 Å². The van der Waals surface area contributed by atoms with Crippen LogP contribution in [0.25, 0.3) is 22.0 Å². The highest BCUT2D eigenvalue weighted by atomic mass is 35.5. The molecule has 2 fully saturated rings. The smallest absolute Gasteiger partial charge is 0.381 e. The molecule has 14 nitrogen and oxygen atoms in total. The van der Waals surface area contributed by atoms with E-state index in [1.54, 1.807) is 13.1 Å². The summed E-state index contributed by atoms with van der Waals surface area (Å²) in [6, 6.07) is 7.11. The van der Waals surface area contributed by atoms with Crippen molar-refractivity contribution in [3.63, 3.8) is 0 Å². The Morgan fingerprint density at radius 1 is 1.01 bits per heavy atom. The molecule has 0 aliphatic heterocycles. The minimum atomic E-state index is -5.12. The van der Waals surface area contributed by atoms with E-state index in [1.807, 2.05) is 0 Å². The number of rotatable bonds is 11. The third-order valence-electron chi connectivity index (χ3n) is 11.9. The van der Waals surface area contributed by atoms with Crippen LogP contribution in [0, 0.1) is 29.4 Å². The van der Waals surface area contributed by atoms with Crippen LogP contribution in [0.15, 0.2) is 42.5 Å². The van der Waals surface area contributed by atoms with Crippen molar-refractivity contribution in [2.45, 2.75) is 99.6 Å². The maximum atomic E-state index is 15.6. The lowest BCUT2D eigenvalue weighted by molar-refractivity contribution is -0.142. The third kappa shape index (κ3) is 9.22. The van der Waals surface area contributed by atoms with Crippen molar-refractivity contribution < 1.29 is 53.8 Å². The number of alkyl halides is 5. The molecule has 5 N–H and O–H groups in total. The second-order valence-electron chi connectivity index (χ2n) is 18.0. The fraction of sp³-hybridized carbons (Fsp3) is 0.409. The summed E-state index contributed by atoms with van der Waals surface area (Å²) in [5.74, 6) is -4.47. The Kier molecular flexibility index (Phi) is 12.1. The quantitative estimate of drug-likeness (QED) is 0.0402. The van der Waals surface area contributed by atoms with E-state index < -0.39 is 109 Å². The molecule has 3 heterocycles. The van der Waals surface area contributed by atoms with E-state index in [0.717, 1.165) is 12.1 Å². The van der Waals surface area contributed by atoms with Crippen LogP contribution < -0.4 is 21.5 Å². The number of sulfone groups is 1. The number of nitrogens with one attached hydrogen (secondary N) is 4. The number of nitrogens with zero attached hydrogens (tertiary/aromatic N) is 5. The van der Waals surface area contributed by atoms with Crippen molar-refractivity contribution in [3.05, 3.63) is 93.0 Å². The first-order valence-electron chi connectivity index (χ1n) is 20.9. The fourth-order valence-corrected chi connectivity index (χ4v) is 10.5. The average Bonchev–Trinajstić information content (AvgIpc) is 4.15. The highest BCUT2D eigenvalue weighted by molar-refractivity contribution is 7.93. The lowest BCUT2D eigenvalue weighted by Gasteiger charge is -2.23. The molecular weight excluding hydrogens is 967 g/mol. The summed E-state index contributed by atoms with van der Waals surface area (Å²) >= 11 is 12.1. The molecule has 24 heteroatoms. The average molecular weight is 1010 g/mol. The van der Waals surface area contributed by atoms with Crippen LogP contribution in [0.4, 0.5) is 36.6 Å². The van der Waals surface area contributed by atoms with Gasteiger partial charge in [-0.05, 0) is 113 Å². The number of hydrazine groups is 1. The number of thiocarbonyl (C=S) groups is 1. The van der Waals surface area contributed by atoms with Crippen molar-refractivity contribution in [2.75, 3.05) is 5.32 Å². The van der Waals surface area contributed by atoms with Gasteiger partial charge in [-0.15, -0.1) is 0 Å². The SMILES string of the molecule is Cn1nc(NC(=S)NNC(=O)C(C)(C)O)c2c(Cl)ccc(-c3ccc(C#CC(C)(C)S(=O)(=O)C4CC4)nc3C(Cc3cc(F)cc(F)c3)NC(=O)Cn3nc(C(F)(F)F)c4c3C(F)(F)[C@@H]3C[C@H]43)c21. The van der Waals surface area contributed by atoms with E-state index >= 15 is 8.78 Å². The van der Waals surface area contributed by atoms with Crippen LogP contribution in [-0.2, 0) is 51.5 Å². The van der Waals surface area contributed by atoms with Crippen LogP contribution in [0.1, 0.15) is 92.8 Å². The molecular formula is C44H41ClF7N9O5S2. The zero-order valence-corrected chi connectivity index (χ0v) is 38.9. The number of hydrogen-bond donors (Lipinski definition) is 5. The summed E-state index contributed by atoms with van der Waals surface area (Å²) in [5, 5.41) is 23.1. The van der Waals surface area contributed by atoms with Crippen LogP contribution >= 0.6 is 23.8 Å². The molecule has 3 aromatic heterocycles. The number of aromatic nitrogens is 5. The molecule has 3 atom stereocenters. The van der Waals surface area contributed by atoms with Gasteiger partial charge in [0.2, 0.25) is 5.91 Å². The van der Waals surface area contributed by atoms with Gasteiger partial charge in [-0.1, -0.05) is 23.6 Å². The van der Waals surface area contributed by atoms with Crippen molar-refractivity contribution in [1.82, 2.24) is 40.7 Å². The largest absolute Gasteiger partial charge is 0.435 e. The summed E-state index contributed by atoms with van der Waals surface area (Å²) in [5.41, 5.74) is 0.406. The second kappa shape index (κ2) is 17.0. The molecule has 68 heavy (non-hydrogen) atoms. The molecule has 0 bridgehead atoms. The molecule has 2 saturated carbocycles. The van der Waals surface area contributed by atoms with Crippen LogP contribution in [0.5, 0.6) is 0 Å². The van der Waals surface area contributed by atoms with Crippen molar-refractivity contribution in [1.29, 1.82) is 0 Å². The first kappa shape index (κ1) is 48.6. The number of hydrogen-bond acceptors (Lipinski definition) is 9. The predicted molar refractivity (Wildman–Crippen MR) is 239 cm³/mol. The van der Waals surface area contributed by atoms with E-state index in [2.05, 4.69) is 43.5 Å². The number of carbonyl (C=O) groups is 2. The van der Waals surface area contributed by atoms with Gasteiger partial charge in [0.25, 0.3) is 11.8 Å². The first-order valence-corrected chi connectivity index (χ1v) is 23.2. The van der Waals surface area contributed by atoms with Crippen LogP contribution in [-0.4, -0.2) is 70.6 Å². The standard InChI is InChI=1S/C44H41ClF7N9O5S2/c1-41(2,68(65,66)24-7-8-24)13-12-23-6-9-25(26-10-11-29(45)33-35(26)60(5)59-38(33)55-40(67)57-56-39(63)42(3,4)64)34(53-23)30(16-20-14-21(46)17-22(47)15-20)54-31(62)19-61-37-32(36(58-61)44(50,51)52)27-18-28(27)43(37,48)49/h6,9-11,14-15,17,24,27-28,30,64H,7-8,16,18-19H2,1-5H3,(H,54,62)(H,56,63)(H2,55,57,59,67)/t27-,28+,30?/m0/s1. The Bertz CT molecular complexity index is 3100. The molecule has 8 rings (SSSR count). The fourth-order valence-electron chi connectivity index (χ4n) is 8.36. The number of fused-ring (bicyclic) bond motifs is 4. The third-order valence-corrected chi connectivity index (χ3v) is 15.3. The van der Waals surface area contributed by atoms with Gasteiger partial charge in [-0.3, -0.25) is 29.8 Å². The number of anilines is 1. The van der Waals surface area contributed by atoms with Gasteiger partial charge in [0.1, 0.15) is 39.9 Å². The van der Waals surface area contributed by atoms with Crippen LogP contribution in [0.3, 0.4) is 0 Å². The van der Waals surface area contributed by atoms with E-state index in [0.29, 0.717) is 34.7 Å². The predicted octanol–water partition coefficient (Wildman–Crippen LogP) is 6.89. The molecule has 3 aliphatic rings. The van der Waals surface area contributed by atoms with Gasteiger partial charge in [-0.25, -0.2) is 22.2 Å². The number of halogens is 8. The highest BCUT2D eigenvalue weighted by Crippen LogP contribution is 2.68. The molecule has 2 amide bonds. The summed E-state index contributed by atoms with van der Waals surface area (Å²) in [7, 11) is -2.17. The first-order chi connectivity index (χ1) is 31.6. The zero-order valence-electron chi connectivity index (χ0n) is 36.5. The maximum Gasteiger partial charge on any atom is 0.435 e. The second-order valence-corrected chi connectivity index (χ2v) is 21.5. The molecule has 5 aromatic rings. The molecule has 360 valence electrons. The number of benzene rings is 2. The summed E-state index contributed by atoms with van der Waals surface area (Å²) in [6.45, 7) is 4.26. The van der Waals surface area contributed by atoms with Gasteiger partial charge < -0.3 is 15.7 Å². The number of amides is 2. The van der Waals surface area contributed by atoms with E-state index in [1.165, 1.54) is 50.6 Å². The van der Waals surface area contributed by atoms with E-state index in [-0.39, 0.29) is 50.3 Å². The highest BCUT2D eigenvalue weighted by Gasteiger charge is 2.68. The molecule has 1 unspecified atom stereocenters. The monoisotopic (exact) mass is 1010 g/mol. The van der Waals surface area contributed by atoms with Crippen molar-refractivity contribution >= 4 is 67.3 Å². The minimum Gasteiger partial charge on any atom is -0.381 e. The Hall–Kier alpha value is -5.83. The Morgan fingerprint density at radius 2 is 1.68 bits per heavy atom. The summed E-state index contributed by atoms with van der Waals surface area (Å²) in [4.78, 5) is 31.2. The van der Waals surface area contributed by atoms with Crippen LogP contribution in [0.2, 0.25) is 5.02 Å². The molecule has 3 aliphatic carbocycles. The lowest BCUT2D eigenvalue weighted by atomic mass is 9.93. The zero-order chi connectivity index (χ0) is 49.6.